The van der Waals surface area contributed by atoms with Crippen molar-refractivity contribution >= 4 is 113 Å². The zero-order valence-corrected chi connectivity index (χ0v) is 36.2. The van der Waals surface area contributed by atoms with Gasteiger partial charge in [0.15, 0.2) is 0 Å². The molecular formula is C61H35N3OS. The highest BCUT2D eigenvalue weighted by molar-refractivity contribution is 7.26. The minimum Gasteiger partial charge on any atom is -0.307 e. The Morgan fingerprint density at radius 3 is 1.67 bits per heavy atom. The molecule has 0 unspecified atom stereocenters. The van der Waals surface area contributed by atoms with E-state index in [1.165, 1.54) is 69.3 Å². The summed E-state index contributed by atoms with van der Waals surface area (Å²) in [6.45, 7) is 0. The second kappa shape index (κ2) is 13.3. The summed E-state index contributed by atoms with van der Waals surface area (Å²) < 4.78 is 9.38. The van der Waals surface area contributed by atoms with Gasteiger partial charge < -0.3 is 9.13 Å². The molecule has 0 aliphatic carbocycles. The number of rotatable bonds is 4. The molecule has 0 N–H and O–H groups in total. The van der Waals surface area contributed by atoms with Gasteiger partial charge in [0.25, 0.3) is 5.56 Å². The maximum Gasteiger partial charge on any atom is 0.263 e. The molecule has 5 heteroatoms. The Hall–Kier alpha value is -8.51. The number of para-hydroxylation sites is 4. The molecule has 306 valence electrons. The summed E-state index contributed by atoms with van der Waals surface area (Å²) in [4.78, 5) is 14.5. The van der Waals surface area contributed by atoms with Crippen molar-refractivity contribution in [2.45, 2.75) is 0 Å². The quantitative estimate of drug-likeness (QED) is 0.162. The van der Waals surface area contributed by atoms with Crippen molar-refractivity contribution in [3.05, 3.63) is 223 Å². The van der Waals surface area contributed by atoms with E-state index in [2.05, 4.69) is 209 Å². The van der Waals surface area contributed by atoms with Crippen LogP contribution < -0.4 is 5.56 Å². The van der Waals surface area contributed by atoms with Crippen LogP contribution in [0.3, 0.4) is 0 Å². The molecule has 0 amide bonds. The van der Waals surface area contributed by atoms with Crippen molar-refractivity contribution in [3.63, 3.8) is 0 Å². The molecule has 0 saturated carbocycles. The molecule has 10 aromatic carbocycles. The summed E-state index contributed by atoms with van der Waals surface area (Å²) in [6, 6.07) is 76.6. The Balaban J connectivity index is 0.973. The van der Waals surface area contributed by atoms with Crippen molar-refractivity contribution < 1.29 is 0 Å². The maximum atomic E-state index is 14.5. The first kappa shape index (κ1) is 35.9. The van der Waals surface area contributed by atoms with E-state index in [4.69, 9.17) is 0 Å². The minimum absolute atomic E-state index is 0.0148. The third kappa shape index (κ3) is 4.79. The second-order valence-corrected chi connectivity index (χ2v) is 18.6. The fourth-order valence-corrected chi connectivity index (χ4v) is 12.5. The van der Waals surface area contributed by atoms with Crippen LogP contribution in [0.5, 0.6) is 0 Å². The van der Waals surface area contributed by atoms with Crippen molar-refractivity contribution in [1.82, 2.24) is 13.5 Å². The molecule has 0 atom stereocenters. The van der Waals surface area contributed by atoms with Crippen LogP contribution in [0, 0.1) is 0 Å². The summed E-state index contributed by atoms with van der Waals surface area (Å²) in [5, 5.41) is 12.4. The third-order valence-corrected chi connectivity index (χ3v) is 15.3. The topological polar surface area (TPSA) is 31.3 Å². The summed E-state index contributed by atoms with van der Waals surface area (Å²) in [5.74, 6) is 0. The number of thiophene rings is 1. The van der Waals surface area contributed by atoms with E-state index in [1.54, 1.807) is 0 Å². The lowest BCUT2D eigenvalue weighted by atomic mass is 9.97. The van der Waals surface area contributed by atoms with Crippen LogP contribution in [-0.2, 0) is 0 Å². The van der Waals surface area contributed by atoms with Crippen LogP contribution in [-0.4, -0.2) is 13.5 Å². The van der Waals surface area contributed by atoms with E-state index in [-0.39, 0.29) is 5.56 Å². The predicted octanol–water partition coefficient (Wildman–Crippen LogP) is 16.1. The highest BCUT2D eigenvalue weighted by atomic mass is 32.1. The largest absolute Gasteiger partial charge is 0.307 e. The first-order valence-electron chi connectivity index (χ1n) is 22.5. The summed E-state index contributed by atoms with van der Waals surface area (Å²) in [6.07, 6.45) is 0. The van der Waals surface area contributed by atoms with Gasteiger partial charge in [-0.3, -0.25) is 9.20 Å². The molecule has 5 aromatic heterocycles. The molecule has 0 aliphatic heterocycles. The smallest absolute Gasteiger partial charge is 0.263 e. The number of pyridine rings is 1. The van der Waals surface area contributed by atoms with Crippen LogP contribution >= 0.6 is 11.3 Å². The molecule has 66 heavy (non-hydrogen) atoms. The number of fused-ring (bicyclic) bond motifs is 15. The average Bonchev–Trinajstić information content (AvgIpc) is 4.12. The molecule has 0 radical (unpaired) electrons. The van der Waals surface area contributed by atoms with Crippen LogP contribution in [0.15, 0.2) is 217 Å². The zero-order valence-electron chi connectivity index (χ0n) is 35.4. The van der Waals surface area contributed by atoms with E-state index in [0.29, 0.717) is 0 Å². The first-order chi connectivity index (χ1) is 32.7. The third-order valence-electron chi connectivity index (χ3n) is 14.2. The van der Waals surface area contributed by atoms with E-state index in [1.807, 2.05) is 27.9 Å². The first-order valence-corrected chi connectivity index (χ1v) is 23.3. The minimum atomic E-state index is 0.0148. The summed E-state index contributed by atoms with van der Waals surface area (Å²) >= 11 is 1.84. The molecule has 0 aliphatic rings. The fourth-order valence-electron chi connectivity index (χ4n) is 11.4. The van der Waals surface area contributed by atoms with E-state index < -0.39 is 0 Å². The molecule has 0 saturated heterocycles. The van der Waals surface area contributed by atoms with Crippen molar-refractivity contribution in [1.29, 1.82) is 0 Å². The monoisotopic (exact) mass is 857 g/mol. The van der Waals surface area contributed by atoms with E-state index in [0.717, 1.165) is 66.0 Å². The lowest BCUT2D eigenvalue weighted by Gasteiger charge is -2.13. The lowest BCUT2D eigenvalue weighted by Crippen LogP contribution is -2.12. The Labute approximate surface area is 381 Å². The molecule has 4 nitrogen and oxygen atoms in total. The molecule has 15 aromatic rings. The zero-order chi connectivity index (χ0) is 43.2. The van der Waals surface area contributed by atoms with Gasteiger partial charge in [0, 0.05) is 74.6 Å². The fraction of sp³-hybridized carbons (Fsp3) is 0. The Kier molecular flexibility index (Phi) is 7.22. The van der Waals surface area contributed by atoms with Crippen LogP contribution in [0.2, 0.25) is 0 Å². The van der Waals surface area contributed by atoms with Gasteiger partial charge in [0.05, 0.1) is 33.1 Å². The van der Waals surface area contributed by atoms with Gasteiger partial charge in [-0.25, -0.2) is 0 Å². The highest BCUT2D eigenvalue weighted by Gasteiger charge is 2.23. The van der Waals surface area contributed by atoms with Crippen LogP contribution in [0.4, 0.5) is 0 Å². The Morgan fingerprint density at radius 2 is 0.909 bits per heavy atom. The molecule has 0 bridgehead atoms. The molecule has 0 spiro atoms. The van der Waals surface area contributed by atoms with Crippen molar-refractivity contribution in [2.75, 3.05) is 0 Å². The predicted molar refractivity (Wildman–Crippen MR) is 280 cm³/mol. The molecule has 0 fully saturated rings. The summed E-state index contributed by atoms with van der Waals surface area (Å²) in [7, 11) is 0. The van der Waals surface area contributed by atoms with Crippen molar-refractivity contribution in [2.24, 2.45) is 0 Å². The van der Waals surface area contributed by atoms with Gasteiger partial charge in [-0.15, -0.1) is 11.3 Å². The van der Waals surface area contributed by atoms with Gasteiger partial charge >= 0.3 is 0 Å². The highest BCUT2D eigenvalue weighted by Crippen LogP contribution is 2.46. The standard InChI is InChI=1S/C61H35N3OS/c65-61-48-28-25-37(36-13-3-1-4-14-36)33-49(48)44-20-11-21-45-50-34-38(26-31-54(50)64(61)58(44)45)41-19-12-24-56-57(41)51-35-40(27-32-55(51)66-56)63-53-23-10-8-18-43(53)47-30-29-46-42-17-7-9-22-52(42)62(59(46)60(47)63)39-15-5-2-6-16-39/h1-35H. The molecular weight excluding hydrogens is 823 g/mol. The number of benzene rings is 10. The number of hydrogen-bond acceptors (Lipinski definition) is 2. The normalized spacial score (nSPS) is 12.3. The van der Waals surface area contributed by atoms with Crippen molar-refractivity contribution in [3.8, 4) is 33.6 Å². The lowest BCUT2D eigenvalue weighted by molar-refractivity contribution is 1.15. The van der Waals surface area contributed by atoms with E-state index in [9.17, 15) is 4.79 Å². The second-order valence-electron chi connectivity index (χ2n) is 17.6. The number of aromatic nitrogens is 3. The summed E-state index contributed by atoms with van der Waals surface area (Å²) in [5.41, 5.74) is 13.5. The molecule has 15 rings (SSSR count). The SMILES string of the molecule is O=c1c2ccc(-c3ccccc3)cc2c2cccc3c4cc(-c5cccc6sc7ccc(-n8c9ccccc9c9ccc%10c%11ccccc%11n(-c%11ccccc%11)c%10c98)cc7c56)ccc4n1c23. The van der Waals surface area contributed by atoms with E-state index >= 15 is 0 Å². The van der Waals surface area contributed by atoms with Gasteiger partial charge in [-0.1, -0.05) is 140 Å². The Bertz CT molecular complexity index is 4590. The van der Waals surface area contributed by atoms with Gasteiger partial charge in [0.1, 0.15) is 0 Å². The van der Waals surface area contributed by atoms with Crippen LogP contribution in [0.25, 0.3) is 135 Å². The number of hydrogen-bond donors (Lipinski definition) is 0. The molecule has 5 heterocycles. The van der Waals surface area contributed by atoms with Crippen LogP contribution in [0.1, 0.15) is 0 Å². The maximum absolute atomic E-state index is 14.5. The van der Waals surface area contributed by atoms with Gasteiger partial charge in [0.2, 0.25) is 0 Å². The average molecular weight is 858 g/mol. The Morgan fingerprint density at radius 1 is 0.318 bits per heavy atom. The van der Waals surface area contributed by atoms with Gasteiger partial charge in [-0.05, 0) is 100 Å². The number of nitrogens with zero attached hydrogens (tertiary/aromatic N) is 3. The van der Waals surface area contributed by atoms with Gasteiger partial charge in [-0.2, -0.15) is 0 Å².